The first-order valence-corrected chi connectivity index (χ1v) is 7.82. The quantitative estimate of drug-likeness (QED) is 0.579. The van der Waals surface area contributed by atoms with Gasteiger partial charge in [-0.25, -0.2) is 22.3 Å². The van der Waals surface area contributed by atoms with Gasteiger partial charge in [0, 0.05) is 6.54 Å². The predicted molar refractivity (Wildman–Crippen MR) is 73.8 cm³/mol. The normalized spacial score (nSPS) is 13.0. The molecule has 0 spiro atoms. The van der Waals surface area contributed by atoms with Crippen molar-refractivity contribution in [1.82, 2.24) is 4.72 Å². The molecule has 0 aliphatic carbocycles. The lowest BCUT2D eigenvalue weighted by molar-refractivity contribution is 0.0596. The highest BCUT2D eigenvalue weighted by Crippen LogP contribution is 2.18. The Labute approximate surface area is 123 Å². The number of sulfonamides is 1. The fourth-order valence-electron chi connectivity index (χ4n) is 1.68. The molecule has 0 saturated heterocycles. The highest BCUT2D eigenvalue weighted by molar-refractivity contribution is 7.89. The van der Waals surface area contributed by atoms with Crippen LogP contribution >= 0.6 is 0 Å². The molecule has 1 unspecified atom stereocenters. The molecule has 0 aliphatic heterocycles. The lowest BCUT2D eigenvalue weighted by Crippen LogP contribution is -2.27. The van der Waals surface area contributed by atoms with E-state index in [0.717, 1.165) is 25.3 Å². The van der Waals surface area contributed by atoms with Gasteiger partial charge in [0.1, 0.15) is 5.82 Å². The van der Waals surface area contributed by atoms with Gasteiger partial charge in [0.05, 0.1) is 23.7 Å². The molecule has 0 aliphatic rings. The Morgan fingerprint density at radius 3 is 2.71 bits per heavy atom. The minimum absolute atomic E-state index is 0.0738. The van der Waals surface area contributed by atoms with Crippen LogP contribution in [0, 0.1) is 5.82 Å². The second-order valence-electron chi connectivity index (χ2n) is 4.52. The van der Waals surface area contributed by atoms with Gasteiger partial charge < -0.3 is 9.84 Å². The molecule has 2 N–H and O–H groups in total. The summed E-state index contributed by atoms with van der Waals surface area (Å²) in [6.45, 7) is 1.67. The first-order chi connectivity index (χ1) is 9.77. The molecule has 0 saturated carbocycles. The summed E-state index contributed by atoms with van der Waals surface area (Å²) < 4.78 is 44.3. The maximum absolute atomic E-state index is 13.3. The fourth-order valence-corrected chi connectivity index (χ4v) is 2.96. The second kappa shape index (κ2) is 7.48. The average Bonchev–Trinajstić information content (AvgIpc) is 2.42. The Balaban J connectivity index is 2.96. The van der Waals surface area contributed by atoms with Crippen LogP contribution in [-0.2, 0) is 14.8 Å². The number of methoxy groups -OCH3 is 1. The van der Waals surface area contributed by atoms with Crippen molar-refractivity contribution in [2.45, 2.75) is 30.8 Å². The maximum Gasteiger partial charge on any atom is 0.339 e. The molecule has 21 heavy (non-hydrogen) atoms. The van der Waals surface area contributed by atoms with E-state index in [9.17, 15) is 17.6 Å². The van der Waals surface area contributed by atoms with Gasteiger partial charge in [-0.1, -0.05) is 0 Å². The number of nitrogens with one attached hydrogen (secondary N) is 1. The Hall–Kier alpha value is -1.51. The number of halogens is 1. The van der Waals surface area contributed by atoms with Crippen LogP contribution in [0.5, 0.6) is 0 Å². The van der Waals surface area contributed by atoms with Crippen LogP contribution in [0.2, 0.25) is 0 Å². The number of carbonyl (C=O) groups excluding carboxylic acids is 1. The first-order valence-electron chi connectivity index (χ1n) is 6.33. The largest absolute Gasteiger partial charge is 0.465 e. The van der Waals surface area contributed by atoms with Crippen LogP contribution in [-0.4, -0.2) is 39.3 Å². The summed E-state index contributed by atoms with van der Waals surface area (Å²) in [4.78, 5) is 11.1. The third-order valence-electron chi connectivity index (χ3n) is 2.73. The summed E-state index contributed by atoms with van der Waals surface area (Å²) in [5, 5.41) is 9.10. The van der Waals surface area contributed by atoms with Crippen LogP contribution in [0.25, 0.3) is 0 Å². The molecule has 8 heteroatoms. The Kier molecular flexibility index (Phi) is 6.25. The first kappa shape index (κ1) is 17.5. The van der Waals surface area contributed by atoms with E-state index in [-0.39, 0.29) is 12.1 Å². The molecule has 0 aromatic heterocycles. The van der Waals surface area contributed by atoms with Crippen molar-refractivity contribution in [3.63, 3.8) is 0 Å². The van der Waals surface area contributed by atoms with E-state index < -0.39 is 32.8 Å². The third kappa shape index (κ3) is 5.07. The number of aliphatic hydroxyl groups excluding tert-OH is 1. The number of hydrogen-bond donors (Lipinski definition) is 2. The van der Waals surface area contributed by atoms with Gasteiger partial charge in [0.2, 0.25) is 10.0 Å². The van der Waals surface area contributed by atoms with Gasteiger partial charge in [0.25, 0.3) is 0 Å². The SMILES string of the molecule is COC(=O)c1ccc(F)cc1S(=O)(=O)NCCCC(C)O. The molecule has 0 fully saturated rings. The fraction of sp³-hybridized carbons (Fsp3) is 0.462. The molecule has 1 aromatic carbocycles. The van der Waals surface area contributed by atoms with Crippen LogP contribution in [0.15, 0.2) is 23.1 Å². The van der Waals surface area contributed by atoms with Gasteiger partial charge in [-0.2, -0.15) is 0 Å². The number of benzene rings is 1. The number of carbonyl (C=O) groups is 1. The van der Waals surface area contributed by atoms with Gasteiger partial charge in [0.15, 0.2) is 0 Å². The Bertz CT molecular complexity index is 601. The molecular weight excluding hydrogens is 301 g/mol. The number of rotatable bonds is 7. The summed E-state index contributed by atoms with van der Waals surface area (Å²) in [5.74, 6) is -1.63. The molecule has 0 radical (unpaired) electrons. The average molecular weight is 319 g/mol. The molecule has 1 aromatic rings. The number of ether oxygens (including phenoxy) is 1. The second-order valence-corrected chi connectivity index (χ2v) is 6.26. The summed E-state index contributed by atoms with van der Waals surface area (Å²) in [5.41, 5.74) is -0.234. The van der Waals surface area contributed by atoms with Crippen molar-refractivity contribution >= 4 is 16.0 Å². The third-order valence-corrected chi connectivity index (χ3v) is 4.23. The smallest absolute Gasteiger partial charge is 0.339 e. The highest BCUT2D eigenvalue weighted by Gasteiger charge is 2.23. The standard InChI is InChI=1S/C13H18FNO5S/c1-9(16)4-3-7-15-21(18,19)12-8-10(14)5-6-11(12)13(17)20-2/h5-6,8-9,15-16H,3-4,7H2,1-2H3. The van der Waals surface area contributed by atoms with E-state index in [1.165, 1.54) is 0 Å². The minimum Gasteiger partial charge on any atom is -0.465 e. The van der Waals surface area contributed by atoms with E-state index in [1.54, 1.807) is 6.92 Å². The van der Waals surface area contributed by atoms with Crippen LogP contribution in [0.3, 0.4) is 0 Å². The minimum atomic E-state index is -4.04. The summed E-state index contributed by atoms with van der Waals surface area (Å²) in [6, 6.07) is 2.81. The molecular formula is C13H18FNO5S. The van der Waals surface area contributed by atoms with E-state index in [4.69, 9.17) is 5.11 Å². The van der Waals surface area contributed by atoms with E-state index >= 15 is 0 Å². The van der Waals surface area contributed by atoms with Crippen molar-refractivity contribution in [3.05, 3.63) is 29.6 Å². The van der Waals surface area contributed by atoms with Gasteiger partial charge >= 0.3 is 5.97 Å². The molecule has 6 nitrogen and oxygen atoms in total. The summed E-state index contributed by atoms with van der Waals surface area (Å²) in [6.07, 6.45) is 0.310. The molecule has 118 valence electrons. The Morgan fingerprint density at radius 2 is 2.14 bits per heavy atom. The van der Waals surface area contributed by atoms with Crippen molar-refractivity contribution < 1.29 is 27.4 Å². The molecule has 0 amide bonds. The lowest BCUT2D eigenvalue weighted by atomic mass is 10.2. The lowest BCUT2D eigenvalue weighted by Gasteiger charge is -2.11. The van der Waals surface area contributed by atoms with Crippen molar-refractivity contribution in [2.24, 2.45) is 0 Å². The number of aliphatic hydroxyl groups is 1. The number of hydrogen-bond acceptors (Lipinski definition) is 5. The molecule has 0 heterocycles. The zero-order valence-electron chi connectivity index (χ0n) is 11.8. The molecule has 0 bridgehead atoms. The zero-order chi connectivity index (χ0) is 16.0. The number of esters is 1. The predicted octanol–water partition coefficient (Wildman–Crippen LogP) is 1.05. The van der Waals surface area contributed by atoms with Gasteiger partial charge in [-0.05, 0) is 38.0 Å². The highest BCUT2D eigenvalue weighted by atomic mass is 32.2. The Morgan fingerprint density at radius 1 is 1.48 bits per heavy atom. The van der Waals surface area contributed by atoms with Gasteiger partial charge in [-0.3, -0.25) is 0 Å². The monoisotopic (exact) mass is 319 g/mol. The van der Waals surface area contributed by atoms with Crippen LogP contribution in [0.1, 0.15) is 30.1 Å². The van der Waals surface area contributed by atoms with E-state index in [0.29, 0.717) is 12.8 Å². The topological polar surface area (TPSA) is 92.7 Å². The van der Waals surface area contributed by atoms with Crippen LogP contribution in [0.4, 0.5) is 4.39 Å². The molecule has 1 rings (SSSR count). The summed E-state index contributed by atoms with van der Waals surface area (Å²) >= 11 is 0. The van der Waals surface area contributed by atoms with Crippen LogP contribution < -0.4 is 4.72 Å². The summed E-state index contributed by atoms with van der Waals surface area (Å²) in [7, 11) is -2.93. The van der Waals surface area contributed by atoms with Crippen molar-refractivity contribution in [3.8, 4) is 0 Å². The van der Waals surface area contributed by atoms with E-state index in [1.807, 2.05) is 0 Å². The molecule has 1 atom stereocenters. The van der Waals surface area contributed by atoms with Crippen molar-refractivity contribution in [2.75, 3.05) is 13.7 Å². The zero-order valence-corrected chi connectivity index (χ0v) is 12.6. The van der Waals surface area contributed by atoms with Crippen molar-refractivity contribution in [1.29, 1.82) is 0 Å². The van der Waals surface area contributed by atoms with Gasteiger partial charge in [-0.15, -0.1) is 0 Å². The maximum atomic E-state index is 13.3. The van der Waals surface area contributed by atoms with E-state index in [2.05, 4.69) is 9.46 Å².